The van der Waals surface area contributed by atoms with Gasteiger partial charge in [0.05, 0.1) is 26.4 Å². The third-order valence-electron chi connectivity index (χ3n) is 3.37. The molecule has 11 heteroatoms. The Morgan fingerprint density at radius 2 is 1.84 bits per heavy atom. The molecule has 0 aliphatic carbocycles. The number of methoxy groups -OCH3 is 2. The average molecular weight is 373 g/mol. The Bertz CT molecular complexity index is 844. The van der Waals surface area contributed by atoms with Gasteiger partial charge in [-0.3, -0.25) is 4.55 Å². The molecule has 0 saturated heterocycles. The van der Waals surface area contributed by atoms with Gasteiger partial charge >= 0.3 is 11.9 Å². The maximum Gasteiger partial charge on any atom is 0.355 e. The summed E-state index contributed by atoms with van der Waals surface area (Å²) in [5.41, 5.74) is -0.134. The highest BCUT2D eigenvalue weighted by Gasteiger charge is 2.33. The molecule has 25 heavy (non-hydrogen) atoms. The third kappa shape index (κ3) is 3.73. The van der Waals surface area contributed by atoms with Crippen molar-refractivity contribution in [1.82, 2.24) is 0 Å². The van der Waals surface area contributed by atoms with Crippen LogP contribution < -0.4 is 4.90 Å². The molecule has 0 fully saturated rings. The van der Waals surface area contributed by atoms with Crippen molar-refractivity contribution in [3.8, 4) is 5.75 Å². The molecule has 1 aromatic carbocycles. The standard InChI is InChI=1S/C14H15NO9S/c1-22-13(17)9-6-24-7-15(12(9)14(18)23-2)8-3-4-11(10(16)5-8)25(19,20)21/h3-5,16H,6-7H2,1-2H3,(H,19,20,21). The van der Waals surface area contributed by atoms with Crippen LogP contribution in [0.3, 0.4) is 0 Å². The van der Waals surface area contributed by atoms with E-state index in [2.05, 4.69) is 9.47 Å². The minimum absolute atomic E-state index is 0.0982. The monoisotopic (exact) mass is 373 g/mol. The second kappa shape index (κ2) is 7.09. The molecular formula is C14H15NO9S. The highest BCUT2D eigenvalue weighted by Crippen LogP contribution is 2.32. The Hall–Kier alpha value is -2.63. The number of phenols is 1. The van der Waals surface area contributed by atoms with Crippen LogP contribution in [0, 0.1) is 0 Å². The number of carbonyl (C=O) groups excluding carboxylic acids is 2. The Kier molecular flexibility index (Phi) is 5.30. The number of benzene rings is 1. The molecule has 0 saturated carbocycles. The molecule has 2 N–H and O–H groups in total. The van der Waals surface area contributed by atoms with Gasteiger partial charge in [0.2, 0.25) is 0 Å². The predicted octanol–water partition coefficient (Wildman–Crippen LogP) is 0.0331. The van der Waals surface area contributed by atoms with Crippen LogP contribution in [0.25, 0.3) is 0 Å². The molecule has 0 atom stereocenters. The van der Waals surface area contributed by atoms with E-state index in [0.717, 1.165) is 26.4 Å². The zero-order chi connectivity index (χ0) is 18.8. The summed E-state index contributed by atoms with van der Waals surface area (Å²) in [4.78, 5) is 24.5. The molecule has 0 unspecified atom stereocenters. The zero-order valence-electron chi connectivity index (χ0n) is 13.3. The van der Waals surface area contributed by atoms with Gasteiger partial charge in [-0.05, 0) is 12.1 Å². The summed E-state index contributed by atoms with van der Waals surface area (Å²) in [6, 6.07) is 3.16. The van der Waals surface area contributed by atoms with Crippen molar-refractivity contribution in [3.05, 3.63) is 29.5 Å². The quantitative estimate of drug-likeness (QED) is 0.549. The maximum atomic E-state index is 12.1. The van der Waals surface area contributed by atoms with Crippen LogP contribution in [0.2, 0.25) is 0 Å². The first-order chi connectivity index (χ1) is 11.7. The third-order valence-corrected chi connectivity index (χ3v) is 4.27. The van der Waals surface area contributed by atoms with Crippen LogP contribution in [0.15, 0.2) is 34.4 Å². The first-order valence-corrected chi connectivity index (χ1v) is 8.20. The fourth-order valence-electron chi connectivity index (χ4n) is 2.24. The minimum Gasteiger partial charge on any atom is -0.506 e. The number of esters is 2. The number of aromatic hydroxyl groups is 1. The smallest absolute Gasteiger partial charge is 0.355 e. The van der Waals surface area contributed by atoms with E-state index in [4.69, 9.17) is 9.29 Å². The van der Waals surface area contributed by atoms with Gasteiger partial charge in [0, 0.05) is 11.8 Å². The van der Waals surface area contributed by atoms with E-state index in [9.17, 15) is 23.1 Å². The lowest BCUT2D eigenvalue weighted by Crippen LogP contribution is -2.38. The van der Waals surface area contributed by atoms with Crippen molar-refractivity contribution < 1.29 is 41.9 Å². The van der Waals surface area contributed by atoms with Crippen molar-refractivity contribution >= 4 is 27.7 Å². The molecule has 1 aromatic rings. The lowest BCUT2D eigenvalue weighted by Gasteiger charge is -2.31. The summed E-state index contributed by atoms with van der Waals surface area (Å²) >= 11 is 0. The van der Waals surface area contributed by atoms with Crippen molar-refractivity contribution in [1.29, 1.82) is 0 Å². The molecule has 1 aliphatic heterocycles. The Morgan fingerprint density at radius 1 is 1.20 bits per heavy atom. The molecule has 10 nitrogen and oxygen atoms in total. The highest BCUT2D eigenvalue weighted by molar-refractivity contribution is 7.86. The van der Waals surface area contributed by atoms with Crippen molar-refractivity contribution in [2.45, 2.75) is 4.90 Å². The number of ether oxygens (including phenoxy) is 3. The Labute approximate surface area is 143 Å². The molecule has 0 bridgehead atoms. The largest absolute Gasteiger partial charge is 0.506 e. The van der Waals surface area contributed by atoms with Gasteiger partial charge in [-0.1, -0.05) is 0 Å². The zero-order valence-corrected chi connectivity index (χ0v) is 14.1. The normalized spacial score (nSPS) is 15.1. The van der Waals surface area contributed by atoms with Crippen LogP contribution in [0.1, 0.15) is 0 Å². The van der Waals surface area contributed by atoms with E-state index in [-0.39, 0.29) is 30.3 Å². The minimum atomic E-state index is -4.62. The molecular weight excluding hydrogens is 358 g/mol. The SMILES string of the molecule is COC(=O)C1=C(C(=O)OC)N(c2ccc(S(=O)(=O)O)c(O)c2)COC1. The predicted molar refractivity (Wildman–Crippen MR) is 82.3 cm³/mol. The molecule has 0 spiro atoms. The van der Waals surface area contributed by atoms with Crippen LogP contribution in [-0.2, 0) is 33.9 Å². The van der Waals surface area contributed by atoms with Gasteiger partial charge in [0.15, 0.2) is 0 Å². The lowest BCUT2D eigenvalue weighted by molar-refractivity contribution is -0.140. The van der Waals surface area contributed by atoms with Crippen molar-refractivity contribution in [2.24, 2.45) is 0 Å². The van der Waals surface area contributed by atoms with Gasteiger partial charge in [-0.25, -0.2) is 9.59 Å². The number of anilines is 1. The van der Waals surface area contributed by atoms with Crippen LogP contribution in [0.4, 0.5) is 5.69 Å². The summed E-state index contributed by atoms with van der Waals surface area (Å²) in [6.07, 6.45) is 0. The number of carbonyl (C=O) groups is 2. The van der Waals surface area contributed by atoms with Crippen molar-refractivity contribution in [2.75, 3.05) is 32.5 Å². The lowest BCUT2D eigenvalue weighted by atomic mass is 10.1. The van der Waals surface area contributed by atoms with Crippen LogP contribution >= 0.6 is 0 Å². The van der Waals surface area contributed by atoms with E-state index in [1.165, 1.54) is 11.0 Å². The second-order valence-electron chi connectivity index (χ2n) is 4.84. The molecule has 2 rings (SSSR count). The van der Waals surface area contributed by atoms with Gasteiger partial charge in [0.1, 0.15) is 23.1 Å². The molecule has 0 amide bonds. The second-order valence-corrected chi connectivity index (χ2v) is 6.23. The van der Waals surface area contributed by atoms with E-state index < -0.39 is 32.7 Å². The van der Waals surface area contributed by atoms with Crippen molar-refractivity contribution in [3.63, 3.8) is 0 Å². The van der Waals surface area contributed by atoms with E-state index in [0.29, 0.717) is 0 Å². The number of phenolic OH excluding ortho intramolecular Hbond substituents is 1. The first kappa shape index (κ1) is 18.7. The van der Waals surface area contributed by atoms with Gasteiger partial charge in [-0.15, -0.1) is 0 Å². The molecule has 1 aliphatic rings. The number of hydrogen-bond donors (Lipinski definition) is 2. The first-order valence-electron chi connectivity index (χ1n) is 6.76. The van der Waals surface area contributed by atoms with Gasteiger partial charge < -0.3 is 24.2 Å². The van der Waals surface area contributed by atoms with E-state index in [1.807, 2.05) is 0 Å². The van der Waals surface area contributed by atoms with Gasteiger partial charge in [-0.2, -0.15) is 8.42 Å². The molecule has 0 radical (unpaired) electrons. The number of hydrogen-bond acceptors (Lipinski definition) is 9. The maximum absolute atomic E-state index is 12.1. The topological polar surface area (TPSA) is 140 Å². The van der Waals surface area contributed by atoms with E-state index in [1.54, 1.807) is 0 Å². The number of nitrogens with zero attached hydrogens (tertiary/aromatic N) is 1. The fraction of sp³-hybridized carbons (Fsp3) is 0.286. The van der Waals surface area contributed by atoms with Gasteiger partial charge in [0.25, 0.3) is 10.1 Å². The van der Waals surface area contributed by atoms with Crippen LogP contribution in [-0.4, -0.2) is 57.6 Å². The summed E-state index contributed by atoms with van der Waals surface area (Å²) in [6.45, 7) is -0.363. The molecule has 0 aromatic heterocycles. The summed E-state index contributed by atoms with van der Waals surface area (Å²) < 4.78 is 45.9. The summed E-state index contributed by atoms with van der Waals surface area (Å²) in [5, 5.41) is 9.83. The highest BCUT2D eigenvalue weighted by atomic mass is 32.2. The van der Waals surface area contributed by atoms with Crippen LogP contribution in [0.5, 0.6) is 5.75 Å². The van der Waals surface area contributed by atoms with E-state index >= 15 is 0 Å². The average Bonchev–Trinajstić information content (AvgIpc) is 2.58. The fourth-order valence-corrected chi connectivity index (χ4v) is 2.80. The summed E-state index contributed by atoms with van der Waals surface area (Å²) in [5.74, 6) is -2.39. The number of rotatable bonds is 4. The Balaban J connectivity index is 2.58. The Morgan fingerprint density at radius 3 is 2.36 bits per heavy atom. The summed E-state index contributed by atoms with van der Waals surface area (Å²) in [7, 11) is -2.36. The molecule has 136 valence electrons. The molecule has 1 heterocycles.